The molecule has 1 N–H and O–H groups in total. The summed E-state index contributed by atoms with van der Waals surface area (Å²) in [7, 11) is -1.43. The summed E-state index contributed by atoms with van der Waals surface area (Å²) in [5.74, 6) is -2.46. The number of carboxylic acid groups (broad SMARTS) is 1. The summed E-state index contributed by atoms with van der Waals surface area (Å²) in [5, 5.41) is 10.4. The first-order valence-corrected chi connectivity index (χ1v) is 12.4. The molecular formula is C18H28F3N3O5S2. The van der Waals surface area contributed by atoms with Crippen molar-refractivity contribution < 1.29 is 36.2 Å². The number of nitrogens with zero attached hydrogens (tertiary/aromatic N) is 3. The SMILES string of the molecule is COCC1CN(S(C)(=O)=O)CC12CCN(Cc1nc(C)cs1)CC2.O=C(O)C(F)(F)F. The lowest BCUT2D eigenvalue weighted by atomic mass is 9.71. The van der Waals surface area contributed by atoms with Gasteiger partial charge in [0.25, 0.3) is 0 Å². The molecule has 0 bridgehead atoms. The number of piperidine rings is 1. The van der Waals surface area contributed by atoms with E-state index in [2.05, 4.69) is 15.3 Å². The third-order valence-electron chi connectivity index (χ3n) is 5.74. The van der Waals surface area contributed by atoms with E-state index >= 15 is 0 Å². The highest BCUT2D eigenvalue weighted by atomic mass is 32.2. The minimum absolute atomic E-state index is 0.0639. The number of aryl methyl sites for hydroxylation is 1. The highest BCUT2D eigenvalue weighted by Gasteiger charge is 2.50. The molecule has 2 saturated heterocycles. The average molecular weight is 488 g/mol. The molecule has 1 spiro atoms. The number of carboxylic acids is 1. The largest absolute Gasteiger partial charge is 0.490 e. The molecule has 13 heteroatoms. The van der Waals surface area contributed by atoms with Gasteiger partial charge in [-0.2, -0.15) is 13.2 Å². The van der Waals surface area contributed by atoms with Crippen LogP contribution in [0.25, 0.3) is 0 Å². The van der Waals surface area contributed by atoms with Crippen molar-refractivity contribution in [3.63, 3.8) is 0 Å². The van der Waals surface area contributed by atoms with Crippen LogP contribution in [0.1, 0.15) is 23.5 Å². The maximum absolute atomic E-state index is 12.0. The summed E-state index contributed by atoms with van der Waals surface area (Å²) in [6, 6.07) is 0. The van der Waals surface area contributed by atoms with Crippen LogP contribution in [-0.4, -0.2) is 86.0 Å². The Hall–Kier alpha value is -1.28. The van der Waals surface area contributed by atoms with Crippen molar-refractivity contribution in [2.24, 2.45) is 11.3 Å². The van der Waals surface area contributed by atoms with Gasteiger partial charge >= 0.3 is 12.1 Å². The van der Waals surface area contributed by atoms with E-state index in [1.807, 2.05) is 6.92 Å². The lowest BCUT2D eigenvalue weighted by Crippen LogP contribution is -2.45. The molecule has 31 heavy (non-hydrogen) atoms. The molecule has 3 heterocycles. The van der Waals surface area contributed by atoms with Gasteiger partial charge < -0.3 is 9.84 Å². The molecule has 2 aliphatic heterocycles. The van der Waals surface area contributed by atoms with E-state index in [1.165, 1.54) is 11.3 Å². The third kappa shape index (κ3) is 7.11. The number of halogens is 3. The second kappa shape index (κ2) is 10.1. The summed E-state index contributed by atoms with van der Waals surface area (Å²) >= 11 is 1.72. The van der Waals surface area contributed by atoms with Crippen LogP contribution in [0.3, 0.4) is 0 Å². The summed E-state index contributed by atoms with van der Waals surface area (Å²) in [6.07, 6.45) is -1.72. The van der Waals surface area contributed by atoms with Gasteiger partial charge in [0.15, 0.2) is 0 Å². The summed E-state index contributed by atoms with van der Waals surface area (Å²) in [5.41, 5.74) is 1.15. The van der Waals surface area contributed by atoms with Crippen LogP contribution < -0.4 is 0 Å². The molecule has 0 aromatic carbocycles. The van der Waals surface area contributed by atoms with Crippen molar-refractivity contribution in [2.75, 3.05) is 46.2 Å². The number of sulfonamides is 1. The van der Waals surface area contributed by atoms with Crippen LogP contribution in [-0.2, 0) is 26.1 Å². The molecule has 0 saturated carbocycles. The predicted molar refractivity (Wildman–Crippen MR) is 109 cm³/mol. The fraction of sp³-hybridized carbons (Fsp3) is 0.778. The van der Waals surface area contributed by atoms with E-state index in [9.17, 15) is 21.6 Å². The van der Waals surface area contributed by atoms with Crippen molar-refractivity contribution in [3.8, 4) is 0 Å². The van der Waals surface area contributed by atoms with Crippen LogP contribution >= 0.6 is 11.3 Å². The lowest BCUT2D eigenvalue weighted by Gasteiger charge is -2.42. The van der Waals surface area contributed by atoms with Crippen LogP contribution in [0, 0.1) is 18.3 Å². The molecule has 1 aromatic rings. The van der Waals surface area contributed by atoms with Crippen molar-refractivity contribution in [1.82, 2.24) is 14.2 Å². The zero-order valence-electron chi connectivity index (χ0n) is 17.7. The van der Waals surface area contributed by atoms with E-state index in [1.54, 1.807) is 22.8 Å². The Bertz CT molecular complexity index is 852. The van der Waals surface area contributed by atoms with Crippen molar-refractivity contribution >= 4 is 27.3 Å². The summed E-state index contributed by atoms with van der Waals surface area (Å²) < 4.78 is 62.8. The van der Waals surface area contributed by atoms with Gasteiger partial charge in [-0.1, -0.05) is 0 Å². The van der Waals surface area contributed by atoms with E-state index in [0.717, 1.165) is 38.2 Å². The van der Waals surface area contributed by atoms with Crippen LogP contribution in [0.15, 0.2) is 5.38 Å². The number of ether oxygens (including phenoxy) is 1. The number of hydrogen-bond acceptors (Lipinski definition) is 7. The Morgan fingerprint density at radius 1 is 1.39 bits per heavy atom. The topological polar surface area (TPSA) is 100 Å². The number of likely N-dealkylation sites (tertiary alicyclic amines) is 1. The van der Waals surface area contributed by atoms with Crippen molar-refractivity contribution in [2.45, 2.75) is 32.5 Å². The molecule has 178 valence electrons. The third-order valence-corrected chi connectivity index (χ3v) is 7.91. The quantitative estimate of drug-likeness (QED) is 0.680. The van der Waals surface area contributed by atoms with Crippen molar-refractivity contribution in [3.05, 3.63) is 16.1 Å². The number of methoxy groups -OCH3 is 1. The Balaban J connectivity index is 0.000000423. The van der Waals surface area contributed by atoms with Gasteiger partial charge in [-0.05, 0) is 38.3 Å². The summed E-state index contributed by atoms with van der Waals surface area (Å²) in [4.78, 5) is 15.9. The predicted octanol–water partition coefficient (Wildman–Crippen LogP) is 2.20. The van der Waals surface area contributed by atoms with Crippen LogP contribution in [0.2, 0.25) is 0 Å². The molecule has 1 atom stereocenters. The molecule has 3 rings (SSSR count). The van der Waals surface area contributed by atoms with Crippen LogP contribution in [0.5, 0.6) is 0 Å². The van der Waals surface area contributed by atoms with E-state index < -0.39 is 22.2 Å². The minimum Gasteiger partial charge on any atom is -0.475 e. The monoisotopic (exact) mass is 487 g/mol. The number of thiazole rings is 1. The number of hydrogen-bond donors (Lipinski definition) is 1. The highest BCUT2D eigenvalue weighted by Crippen LogP contribution is 2.45. The Kier molecular flexibility index (Phi) is 8.47. The standard InChI is InChI=1S/C16H27N3O3S2.C2HF3O2/c1-13-11-23-15(17-13)9-18-6-4-16(5-7-18)12-19(24(3,20)21)8-14(16)10-22-2;3-2(4,5)1(6)7/h11,14H,4-10,12H2,1-3H3;(H,6,7). The first-order valence-electron chi connectivity index (χ1n) is 9.64. The van der Waals surface area contributed by atoms with Crippen LogP contribution in [0.4, 0.5) is 13.2 Å². The first kappa shape index (κ1) is 26.0. The van der Waals surface area contributed by atoms with E-state index in [-0.39, 0.29) is 5.41 Å². The zero-order valence-corrected chi connectivity index (χ0v) is 19.3. The van der Waals surface area contributed by atoms with E-state index in [4.69, 9.17) is 14.6 Å². The van der Waals surface area contributed by atoms with Gasteiger partial charge in [0.05, 0.1) is 19.4 Å². The molecule has 1 aromatic heterocycles. The second-order valence-electron chi connectivity index (χ2n) is 8.03. The van der Waals surface area contributed by atoms with Gasteiger partial charge in [0, 0.05) is 37.2 Å². The molecule has 0 radical (unpaired) electrons. The number of aliphatic carboxylic acids is 1. The number of carbonyl (C=O) groups is 1. The maximum Gasteiger partial charge on any atom is 0.490 e. The van der Waals surface area contributed by atoms with Gasteiger partial charge in [-0.3, -0.25) is 4.90 Å². The molecule has 2 fully saturated rings. The molecule has 0 aliphatic carbocycles. The number of aromatic nitrogens is 1. The number of rotatable bonds is 5. The average Bonchev–Trinajstić information content (AvgIpc) is 3.21. The summed E-state index contributed by atoms with van der Waals surface area (Å²) in [6.45, 7) is 6.80. The Labute approximate surface area is 184 Å². The smallest absolute Gasteiger partial charge is 0.475 e. The van der Waals surface area contributed by atoms with Crippen molar-refractivity contribution in [1.29, 1.82) is 0 Å². The van der Waals surface area contributed by atoms with Gasteiger partial charge in [0.2, 0.25) is 10.0 Å². The number of alkyl halides is 3. The molecule has 2 aliphatic rings. The molecule has 1 unspecified atom stereocenters. The second-order valence-corrected chi connectivity index (χ2v) is 11.0. The fourth-order valence-electron chi connectivity index (χ4n) is 4.06. The lowest BCUT2D eigenvalue weighted by molar-refractivity contribution is -0.192. The van der Waals surface area contributed by atoms with Gasteiger partial charge in [-0.25, -0.2) is 22.5 Å². The maximum atomic E-state index is 12.0. The minimum atomic E-state index is -5.08. The highest BCUT2D eigenvalue weighted by molar-refractivity contribution is 7.88. The zero-order chi connectivity index (χ0) is 23.4. The Morgan fingerprint density at radius 2 is 1.97 bits per heavy atom. The van der Waals surface area contributed by atoms with Gasteiger partial charge in [-0.15, -0.1) is 11.3 Å². The van der Waals surface area contributed by atoms with E-state index in [0.29, 0.717) is 25.6 Å². The normalized spacial score (nSPS) is 22.3. The van der Waals surface area contributed by atoms with Gasteiger partial charge in [0.1, 0.15) is 5.01 Å². The fourth-order valence-corrected chi connectivity index (χ4v) is 5.81. The molecular weight excluding hydrogens is 459 g/mol. The first-order chi connectivity index (χ1) is 14.3. The molecule has 8 nitrogen and oxygen atoms in total. The Morgan fingerprint density at radius 3 is 2.39 bits per heavy atom. The molecule has 0 amide bonds.